The summed E-state index contributed by atoms with van der Waals surface area (Å²) in [7, 11) is 0. The van der Waals surface area contributed by atoms with Crippen molar-refractivity contribution in [2.75, 3.05) is 0 Å². The number of nitrogens with zero attached hydrogens (tertiary/aromatic N) is 2. The lowest BCUT2D eigenvalue weighted by Crippen LogP contribution is -2.03. The quantitative estimate of drug-likeness (QED) is 0.642. The minimum Gasteiger partial charge on any atom is -0.268 e. The van der Waals surface area contributed by atoms with Gasteiger partial charge in [-0.05, 0) is 18.9 Å². The monoisotopic (exact) mass is 176 g/mol. The van der Waals surface area contributed by atoms with Crippen LogP contribution in [0.1, 0.15) is 31.7 Å². The first kappa shape index (κ1) is 9.85. The minimum absolute atomic E-state index is 0.762. The van der Waals surface area contributed by atoms with Crippen LogP contribution in [0.15, 0.2) is 6.07 Å². The van der Waals surface area contributed by atoms with Gasteiger partial charge in [-0.25, -0.2) is 0 Å². The van der Waals surface area contributed by atoms with Crippen LogP contribution in [0.3, 0.4) is 0 Å². The number of terminal acetylenes is 1. The van der Waals surface area contributed by atoms with Gasteiger partial charge in [-0.3, -0.25) is 4.68 Å². The minimum atomic E-state index is 0.762. The number of hydrogen-bond acceptors (Lipinski definition) is 1. The van der Waals surface area contributed by atoms with Crippen molar-refractivity contribution >= 4 is 0 Å². The Hall–Kier alpha value is -1.23. The summed E-state index contributed by atoms with van der Waals surface area (Å²) in [6.45, 7) is 5.11. The summed E-state index contributed by atoms with van der Waals surface area (Å²) in [6, 6.07) is 2.16. The molecule has 70 valence electrons. The van der Waals surface area contributed by atoms with Crippen LogP contribution >= 0.6 is 0 Å². The topological polar surface area (TPSA) is 17.8 Å². The Morgan fingerprint density at radius 2 is 2.23 bits per heavy atom. The average molecular weight is 176 g/mol. The first-order valence-electron chi connectivity index (χ1n) is 4.80. The molecule has 0 aliphatic rings. The molecule has 1 aromatic heterocycles. The van der Waals surface area contributed by atoms with Crippen molar-refractivity contribution in [3.8, 4) is 12.3 Å². The molecule has 0 saturated carbocycles. The van der Waals surface area contributed by atoms with Crippen molar-refractivity contribution in [1.29, 1.82) is 0 Å². The smallest absolute Gasteiger partial charge is 0.0624 e. The molecule has 0 saturated heterocycles. The molecule has 0 bridgehead atoms. The van der Waals surface area contributed by atoms with Gasteiger partial charge >= 0.3 is 0 Å². The van der Waals surface area contributed by atoms with Gasteiger partial charge in [-0.2, -0.15) is 5.10 Å². The number of hydrogen-bond donors (Lipinski definition) is 0. The molecular formula is C11H16N2. The maximum atomic E-state index is 5.22. The summed E-state index contributed by atoms with van der Waals surface area (Å²) in [5.74, 6) is 2.63. The predicted molar refractivity (Wildman–Crippen MR) is 54.4 cm³/mol. The van der Waals surface area contributed by atoms with E-state index in [1.165, 1.54) is 5.69 Å². The summed E-state index contributed by atoms with van der Waals surface area (Å²) in [6.07, 6.45) is 8.00. The molecule has 0 N–H and O–H groups in total. The molecule has 0 amide bonds. The van der Waals surface area contributed by atoms with E-state index in [1.807, 2.05) is 4.68 Å². The van der Waals surface area contributed by atoms with Crippen LogP contribution in [-0.2, 0) is 19.4 Å². The predicted octanol–water partition coefficient (Wildman–Crippen LogP) is 2.03. The fourth-order valence-electron chi connectivity index (χ4n) is 1.34. The van der Waals surface area contributed by atoms with E-state index in [0.29, 0.717) is 0 Å². The highest BCUT2D eigenvalue weighted by Gasteiger charge is 2.03. The number of rotatable bonds is 4. The van der Waals surface area contributed by atoms with Gasteiger partial charge in [0.2, 0.25) is 0 Å². The first-order chi connectivity index (χ1) is 6.31. The Morgan fingerprint density at radius 1 is 1.46 bits per heavy atom. The Bertz CT molecular complexity index is 304. The Morgan fingerprint density at radius 3 is 2.77 bits per heavy atom. The normalized spacial score (nSPS) is 9.92. The van der Waals surface area contributed by atoms with E-state index in [1.54, 1.807) is 0 Å². The van der Waals surface area contributed by atoms with E-state index in [-0.39, 0.29) is 0 Å². The highest BCUT2D eigenvalue weighted by Crippen LogP contribution is 2.06. The summed E-state index contributed by atoms with van der Waals surface area (Å²) in [5.41, 5.74) is 2.45. The summed E-state index contributed by atoms with van der Waals surface area (Å²) < 4.78 is 2.03. The van der Waals surface area contributed by atoms with E-state index in [4.69, 9.17) is 6.42 Å². The van der Waals surface area contributed by atoms with Gasteiger partial charge in [-0.15, -0.1) is 12.3 Å². The molecule has 0 unspecified atom stereocenters. The second-order valence-electron chi connectivity index (χ2n) is 3.01. The van der Waals surface area contributed by atoms with Crippen LogP contribution in [-0.4, -0.2) is 9.78 Å². The Balaban J connectivity index is 2.79. The van der Waals surface area contributed by atoms with Crippen LogP contribution in [0.4, 0.5) is 0 Å². The van der Waals surface area contributed by atoms with Crippen LogP contribution < -0.4 is 0 Å². The van der Waals surface area contributed by atoms with E-state index in [0.717, 1.165) is 31.5 Å². The molecule has 13 heavy (non-hydrogen) atoms. The van der Waals surface area contributed by atoms with Gasteiger partial charge in [0.15, 0.2) is 0 Å². The Kier molecular flexibility index (Phi) is 3.57. The second kappa shape index (κ2) is 4.71. The number of aryl methyl sites for hydroxylation is 3. The van der Waals surface area contributed by atoms with Crippen LogP contribution in [0.2, 0.25) is 0 Å². The highest BCUT2D eigenvalue weighted by molar-refractivity contribution is 5.10. The Labute approximate surface area is 80.0 Å². The van der Waals surface area contributed by atoms with Gasteiger partial charge in [0.1, 0.15) is 0 Å². The van der Waals surface area contributed by atoms with Gasteiger partial charge < -0.3 is 0 Å². The zero-order valence-corrected chi connectivity index (χ0v) is 8.38. The fraction of sp³-hybridized carbons (Fsp3) is 0.545. The molecule has 0 atom stereocenters. The lowest BCUT2D eigenvalue weighted by molar-refractivity contribution is 0.593. The van der Waals surface area contributed by atoms with Gasteiger partial charge in [-0.1, -0.05) is 13.8 Å². The zero-order valence-electron chi connectivity index (χ0n) is 8.38. The molecule has 1 heterocycles. The van der Waals surface area contributed by atoms with Crippen LogP contribution in [0.25, 0.3) is 0 Å². The maximum absolute atomic E-state index is 5.22. The number of aromatic nitrogens is 2. The van der Waals surface area contributed by atoms with Crippen molar-refractivity contribution < 1.29 is 0 Å². The zero-order chi connectivity index (χ0) is 9.68. The largest absolute Gasteiger partial charge is 0.268 e. The van der Waals surface area contributed by atoms with Crippen LogP contribution in [0, 0.1) is 12.3 Å². The van der Waals surface area contributed by atoms with Crippen molar-refractivity contribution in [3.05, 3.63) is 17.5 Å². The van der Waals surface area contributed by atoms with Crippen molar-refractivity contribution in [1.82, 2.24) is 9.78 Å². The highest BCUT2D eigenvalue weighted by atomic mass is 15.3. The molecule has 0 aromatic carbocycles. The fourth-order valence-corrected chi connectivity index (χ4v) is 1.34. The van der Waals surface area contributed by atoms with Crippen LogP contribution in [0.5, 0.6) is 0 Å². The molecule has 0 aliphatic carbocycles. The third kappa shape index (κ3) is 2.35. The summed E-state index contributed by atoms with van der Waals surface area (Å²) >= 11 is 0. The molecule has 1 aromatic rings. The summed E-state index contributed by atoms with van der Waals surface area (Å²) in [5, 5.41) is 4.46. The molecule has 2 heteroatoms. The molecule has 0 fully saturated rings. The molecule has 0 aliphatic heterocycles. The van der Waals surface area contributed by atoms with Gasteiger partial charge in [0.25, 0.3) is 0 Å². The SMILES string of the molecule is C#CCCn1nc(CC)cc1CC. The third-order valence-corrected chi connectivity index (χ3v) is 2.11. The van der Waals surface area contributed by atoms with E-state index >= 15 is 0 Å². The molecule has 0 radical (unpaired) electrons. The molecular weight excluding hydrogens is 160 g/mol. The summed E-state index contributed by atoms with van der Waals surface area (Å²) in [4.78, 5) is 0. The standard InChI is InChI=1S/C11H16N2/c1-4-7-8-13-11(6-3)9-10(5-2)12-13/h1,9H,5-8H2,2-3H3. The second-order valence-corrected chi connectivity index (χ2v) is 3.01. The molecule has 2 nitrogen and oxygen atoms in total. The lowest BCUT2D eigenvalue weighted by atomic mass is 10.2. The van der Waals surface area contributed by atoms with E-state index < -0.39 is 0 Å². The molecule has 1 rings (SSSR count). The van der Waals surface area contributed by atoms with Crippen molar-refractivity contribution in [2.45, 2.75) is 39.7 Å². The van der Waals surface area contributed by atoms with Crippen molar-refractivity contribution in [2.24, 2.45) is 0 Å². The van der Waals surface area contributed by atoms with Crippen molar-refractivity contribution in [3.63, 3.8) is 0 Å². The van der Waals surface area contributed by atoms with Gasteiger partial charge in [0, 0.05) is 12.1 Å². The van der Waals surface area contributed by atoms with Gasteiger partial charge in [0.05, 0.1) is 12.2 Å². The lowest BCUT2D eigenvalue weighted by Gasteiger charge is -2.01. The first-order valence-corrected chi connectivity index (χ1v) is 4.80. The average Bonchev–Trinajstić information content (AvgIpc) is 2.57. The maximum Gasteiger partial charge on any atom is 0.0624 e. The van der Waals surface area contributed by atoms with E-state index in [2.05, 4.69) is 30.9 Å². The van der Waals surface area contributed by atoms with E-state index in [9.17, 15) is 0 Å². The molecule has 0 spiro atoms. The third-order valence-electron chi connectivity index (χ3n) is 2.11.